The normalized spacial score (nSPS) is 37.1. The Labute approximate surface area is 145 Å². The van der Waals surface area contributed by atoms with Gasteiger partial charge in [0.05, 0.1) is 5.60 Å². The molecule has 4 nitrogen and oxygen atoms in total. The number of ketones is 1. The number of rotatable bonds is 3. The van der Waals surface area contributed by atoms with E-state index in [0.717, 1.165) is 5.57 Å². The Balaban J connectivity index is 2.48. The Morgan fingerprint density at radius 1 is 1.42 bits per heavy atom. The standard InChI is InChI=1S/C20H30O4/c1-7-14(5)18(22)24-15-10-13(4)11-16(21)19(6)8-9-20(23,12(2)3)17(15)19/h7,11-12,15,17,23H,8-10H2,1-6H3/b14-7+/t15-,17-,19-,20+/m1/s1. The SMILES string of the molecule is C/C=C(\C)C(=O)O[C@@H]1CC(C)=CC(=O)[C@@]2(C)CC[C@](O)(C(C)C)[C@H]12. The van der Waals surface area contributed by atoms with Crippen molar-refractivity contribution in [3.63, 3.8) is 0 Å². The molecule has 24 heavy (non-hydrogen) atoms. The van der Waals surface area contributed by atoms with Crippen LogP contribution >= 0.6 is 0 Å². The third kappa shape index (κ3) is 2.97. The van der Waals surface area contributed by atoms with Gasteiger partial charge in [-0.2, -0.15) is 0 Å². The molecule has 0 radical (unpaired) electrons. The Morgan fingerprint density at radius 2 is 2.04 bits per heavy atom. The van der Waals surface area contributed by atoms with E-state index < -0.39 is 17.1 Å². The molecular formula is C20H30O4. The van der Waals surface area contributed by atoms with E-state index in [1.165, 1.54) is 0 Å². The fourth-order valence-corrected chi connectivity index (χ4v) is 4.32. The van der Waals surface area contributed by atoms with Crippen molar-refractivity contribution in [1.29, 1.82) is 0 Å². The van der Waals surface area contributed by atoms with Gasteiger partial charge in [-0.15, -0.1) is 0 Å². The lowest BCUT2D eigenvalue weighted by Gasteiger charge is -2.42. The molecular weight excluding hydrogens is 304 g/mol. The van der Waals surface area contributed by atoms with E-state index in [4.69, 9.17) is 4.74 Å². The molecule has 2 rings (SSSR count). The number of fused-ring (bicyclic) bond motifs is 1. The summed E-state index contributed by atoms with van der Waals surface area (Å²) in [4.78, 5) is 25.2. The Bertz CT molecular complexity index is 601. The van der Waals surface area contributed by atoms with Crippen LogP contribution in [0.3, 0.4) is 0 Å². The van der Waals surface area contributed by atoms with Crippen LogP contribution in [0.4, 0.5) is 0 Å². The molecule has 0 bridgehead atoms. The number of hydrogen-bond donors (Lipinski definition) is 1. The van der Waals surface area contributed by atoms with E-state index in [1.807, 2.05) is 27.7 Å². The van der Waals surface area contributed by atoms with Crippen LogP contribution in [0.5, 0.6) is 0 Å². The van der Waals surface area contributed by atoms with Crippen LogP contribution in [0, 0.1) is 17.3 Å². The van der Waals surface area contributed by atoms with Gasteiger partial charge in [0, 0.05) is 23.3 Å². The third-order valence-electron chi connectivity index (χ3n) is 6.12. The van der Waals surface area contributed by atoms with Gasteiger partial charge in [0.2, 0.25) is 0 Å². The monoisotopic (exact) mass is 334 g/mol. The molecule has 0 aromatic heterocycles. The maximum atomic E-state index is 12.8. The first kappa shape index (κ1) is 18.9. The van der Waals surface area contributed by atoms with E-state index in [9.17, 15) is 14.7 Å². The summed E-state index contributed by atoms with van der Waals surface area (Å²) >= 11 is 0. The molecule has 1 N–H and O–H groups in total. The zero-order chi connectivity index (χ0) is 18.3. The van der Waals surface area contributed by atoms with Gasteiger partial charge in [-0.1, -0.05) is 32.4 Å². The zero-order valence-electron chi connectivity index (χ0n) is 15.7. The quantitative estimate of drug-likeness (QED) is 0.633. The fraction of sp³-hybridized carbons (Fsp3) is 0.700. The molecule has 4 heteroatoms. The highest BCUT2D eigenvalue weighted by Crippen LogP contribution is 2.56. The summed E-state index contributed by atoms with van der Waals surface area (Å²) in [6, 6.07) is 0. The van der Waals surface area contributed by atoms with Crippen LogP contribution in [-0.4, -0.2) is 28.6 Å². The molecule has 2 aliphatic rings. The van der Waals surface area contributed by atoms with Crippen molar-refractivity contribution in [3.8, 4) is 0 Å². The molecule has 0 aromatic rings. The van der Waals surface area contributed by atoms with Crippen molar-refractivity contribution in [2.24, 2.45) is 17.3 Å². The smallest absolute Gasteiger partial charge is 0.333 e. The second kappa shape index (κ2) is 6.47. The predicted octanol–water partition coefficient (Wildman–Crippen LogP) is 3.59. The van der Waals surface area contributed by atoms with Crippen LogP contribution in [0.2, 0.25) is 0 Å². The van der Waals surface area contributed by atoms with Crippen molar-refractivity contribution in [3.05, 3.63) is 23.3 Å². The maximum Gasteiger partial charge on any atom is 0.333 e. The van der Waals surface area contributed by atoms with E-state index in [-0.39, 0.29) is 23.6 Å². The highest BCUT2D eigenvalue weighted by molar-refractivity contribution is 5.96. The number of aliphatic hydroxyl groups is 1. The molecule has 0 spiro atoms. The van der Waals surface area contributed by atoms with Crippen molar-refractivity contribution < 1.29 is 19.4 Å². The third-order valence-corrected chi connectivity index (χ3v) is 6.12. The Hall–Kier alpha value is -1.42. The first-order valence-electron chi connectivity index (χ1n) is 8.84. The van der Waals surface area contributed by atoms with Gasteiger partial charge < -0.3 is 9.84 Å². The van der Waals surface area contributed by atoms with Gasteiger partial charge in [0.1, 0.15) is 6.10 Å². The minimum absolute atomic E-state index is 0.0143. The second-order valence-electron chi connectivity index (χ2n) is 8.02. The van der Waals surface area contributed by atoms with Gasteiger partial charge in [-0.3, -0.25) is 4.79 Å². The summed E-state index contributed by atoms with van der Waals surface area (Å²) in [7, 11) is 0. The lowest BCUT2D eigenvalue weighted by Crippen LogP contribution is -2.52. The molecule has 0 saturated heterocycles. The lowest BCUT2D eigenvalue weighted by molar-refractivity contribution is -0.164. The van der Waals surface area contributed by atoms with Crippen molar-refractivity contribution in [2.75, 3.05) is 0 Å². The molecule has 0 unspecified atom stereocenters. The minimum Gasteiger partial charge on any atom is -0.458 e. The second-order valence-corrected chi connectivity index (χ2v) is 8.02. The number of carbonyl (C=O) groups is 2. The molecule has 0 heterocycles. The number of esters is 1. The summed E-state index contributed by atoms with van der Waals surface area (Å²) in [6.45, 7) is 11.3. The minimum atomic E-state index is -1.00. The average Bonchev–Trinajstić information content (AvgIpc) is 2.74. The van der Waals surface area contributed by atoms with Gasteiger partial charge in [0.15, 0.2) is 5.78 Å². The largest absolute Gasteiger partial charge is 0.458 e. The van der Waals surface area contributed by atoms with Crippen LogP contribution in [-0.2, 0) is 14.3 Å². The average molecular weight is 334 g/mol. The van der Waals surface area contributed by atoms with E-state index in [2.05, 4.69) is 0 Å². The van der Waals surface area contributed by atoms with Crippen molar-refractivity contribution in [2.45, 2.75) is 72.5 Å². The first-order valence-corrected chi connectivity index (χ1v) is 8.84. The van der Waals surface area contributed by atoms with Crippen molar-refractivity contribution >= 4 is 11.8 Å². The van der Waals surface area contributed by atoms with Crippen LogP contribution in [0.15, 0.2) is 23.3 Å². The summed E-state index contributed by atoms with van der Waals surface area (Å²) in [5.41, 5.74) is -0.249. The van der Waals surface area contributed by atoms with E-state index in [0.29, 0.717) is 24.8 Å². The highest BCUT2D eigenvalue weighted by atomic mass is 16.5. The fourth-order valence-electron chi connectivity index (χ4n) is 4.32. The van der Waals surface area contributed by atoms with Crippen LogP contribution in [0.25, 0.3) is 0 Å². The number of carbonyl (C=O) groups excluding carboxylic acids is 2. The van der Waals surface area contributed by atoms with Gasteiger partial charge in [0.25, 0.3) is 0 Å². The summed E-state index contributed by atoms with van der Waals surface area (Å²) in [5, 5.41) is 11.4. The van der Waals surface area contributed by atoms with Crippen molar-refractivity contribution in [1.82, 2.24) is 0 Å². The molecule has 0 aromatic carbocycles. The van der Waals surface area contributed by atoms with E-state index in [1.54, 1.807) is 26.0 Å². The maximum absolute atomic E-state index is 12.8. The Kier molecular flexibility index (Phi) is 5.10. The zero-order valence-corrected chi connectivity index (χ0v) is 15.7. The molecule has 0 aliphatic heterocycles. The van der Waals surface area contributed by atoms with Gasteiger partial charge >= 0.3 is 5.97 Å². The van der Waals surface area contributed by atoms with Crippen LogP contribution < -0.4 is 0 Å². The first-order chi connectivity index (χ1) is 11.1. The summed E-state index contributed by atoms with van der Waals surface area (Å²) in [6.07, 6.45) is 4.57. The van der Waals surface area contributed by atoms with E-state index >= 15 is 0 Å². The number of ether oxygens (including phenoxy) is 1. The number of hydrogen-bond acceptors (Lipinski definition) is 4. The molecule has 4 atom stereocenters. The molecule has 0 amide bonds. The van der Waals surface area contributed by atoms with Gasteiger partial charge in [-0.25, -0.2) is 4.79 Å². The topological polar surface area (TPSA) is 63.6 Å². The summed E-state index contributed by atoms with van der Waals surface area (Å²) in [5.74, 6) is -0.729. The molecule has 1 saturated carbocycles. The van der Waals surface area contributed by atoms with Crippen LogP contribution in [0.1, 0.15) is 60.8 Å². The predicted molar refractivity (Wildman–Crippen MR) is 93.3 cm³/mol. The lowest BCUT2D eigenvalue weighted by atomic mass is 9.67. The highest BCUT2D eigenvalue weighted by Gasteiger charge is 2.62. The Morgan fingerprint density at radius 3 is 2.58 bits per heavy atom. The van der Waals surface area contributed by atoms with Gasteiger partial charge in [-0.05, 0) is 45.6 Å². The molecule has 1 fully saturated rings. The molecule has 134 valence electrons. The summed E-state index contributed by atoms with van der Waals surface area (Å²) < 4.78 is 5.81. The number of allylic oxidation sites excluding steroid dienone is 2. The molecule has 2 aliphatic carbocycles.